The molecule has 2 unspecified atom stereocenters. The highest BCUT2D eigenvalue weighted by Crippen LogP contribution is 3.02. The van der Waals surface area contributed by atoms with E-state index in [1.807, 2.05) is 13.8 Å². The van der Waals surface area contributed by atoms with Gasteiger partial charge >= 0.3 is 10.2 Å². The number of halogens is 5. The summed E-state index contributed by atoms with van der Waals surface area (Å²) in [4.78, 5) is 0.406. The number of rotatable bonds is 7. The van der Waals surface area contributed by atoms with Gasteiger partial charge in [-0.3, -0.25) is 4.90 Å². The van der Waals surface area contributed by atoms with Gasteiger partial charge in [-0.05, 0) is 58.2 Å². The Bertz CT molecular complexity index is 697. The molecule has 0 bridgehead atoms. The summed E-state index contributed by atoms with van der Waals surface area (Å²) < 4.78 is 76.2. The second kappa shape index (κ2) is 6.22. The number of hydrogen-bond acceptors (Lipinski definition) is 3. The third-order valence-electron chi connectivity index (χ3n) is 5.41. The molecule has 2 heterocycles. The molecule has 0 saturated carbocycles. The Kier molecular flexibility index (Phi) is 4.76. The highest BCUT2D eigenvalue weighted by Gasteiger charge is 2.65. The summed E-state index contributed by atoms with van der Waals surface area (Å²) in [6.45, 7) is 5.66. The maximum Gasteiger partial charge on any atom is 0.310 e. The molecule has 2 fully saturated rings. The molecule has 0 spiro atoms. The zero-order valence-electron chi connectivity index (χ0n) is 15.5. The summed E-state index contributed by atoms with van der Waals surface area (Å²) in [7, 11) is -9.70. The van der Waals surface area contributed by atoms with Gasteiger partial charge in [0.25, 0.3) is 0 Å². The molecule has 27 heavy (non-hydrogen) atoms. The van der Waals surface area contributed by atoms with Crippen molar-refractivity contribution in [2.24, 2.45) is 0 Å². The van der Waals surface area contributed by atoms with Gasteiger partial charge in [0.2, 0.25) is 0 Å². The van der Waals surface area contributed by atoms with Gasteiger partial charge in [-0.25, -0.2) is 0 Å². The predicted molar refractivity (Wildman–Crippen MR) is 96.1 cm³/mol. The van der Waals surface area contributed by atoms with Crippen LogP contribution in [0.2, 0.25) is 0 Å². The standard InChI is InChI=1S/C18H26F5NO2S/c1-14(2)26-13-18-8-4-10-24(18)15(7-9-18)12-25-16-5-3-6-17(11-16)27(19,20,21,22)23/h3,5-6,11,14-15H,4,7-10,12-13H2,1-2H3. The van der Waals surface area contributed by atoms with Gasteiger partial charge in [-0.1, -0.05) is 25.5 Å². The van der Waals surface area contributed by atoms with Gasteiger partial charge in [0.15, 0.2) is 0 Å². The lowest BCUT2D eigenvalue weighted by Crippen LogP contribution is -2.47. The first-order chi connectivity index (χ1) is 12.3. The average molecular weight is 415 g/mol. The van der Waals surface area contributed by atoms with Gasteiger partial charge in [-0.2, -0.15) is 0 Å². The molecule has 156 valence electrons. The molecule has 2 aliphatic heterocycles. The van der Waals surface area contributed by atoms with Crippen LogP contribution in [0.5, 0.6) is 5.75 Å². The van der Waals surface area contributed by atoms with E-state index in [0.29, 0.717) is 18.7 Å². The molecule has 0 aliphatic carbocycles. The molecule has 0 N–H and O–H groups in total. The maximum atomic E-state index is 13.0. The predicted octanol–water partition coefficient (Wildman–Crippen LogP) is 6.14. The van der Waals surface area contributed by atoms with E-state index in [2.05, 4.69) is 4.90 Å². The van der Waals surface area contributed by atoms with Crippen LogP contribution in [0.15, 0.2) is 29.2 Å². The monoisotopic (exact) mass is 415 g/mol. The molecule has 2 aliphatic rings. The molecule has 0 aromatic heterocycles. The Morgan fingerprint density at radius 2 is 1.93 bits per heavy atom. The van der Waals surface area contributed by atoms with E-state index in [4.69, 9.17) is 9.47 Å². The summed E-state index contributed by atoms with van der Waals surface area (Å²) in [5.41, 5.74) is -0.0377. The normalized spacial score (nSPS) is 28.8. The van der Waals surface area contributed by atoms with Crippen molar-refractivity contribution in [2.45, 2.75) is 62.1 Å². The van der Waals surface area contributed by atoms with Crippen LogP contribution < -0.4 is 4.74 Å². The maximum absolute atomic E-state index is 13.0. The molecule has 2 atom stereocenters. The van der Waals surface area contributed by atoms with Crippen LogP contribution in [-0.2, 0) is 4.74 Å². The van der Waals surface area contributed by atoms with Gasteiger partial charge in [0.1, 0.15) is 17.3 Å². The second-order valence-corrected chi connectivity index (χ2v) is 10.2. The number of benzene rings is 1. The van der Waals surface area contributed by atoms with Gasteiger partial charge in [-0.15, -0.1) is 0 Å². The van der Waals surface area contributed by atoms with E-state index < -0.39 is 15.1 Å². The van der Waals surface area contributed by atoms with Crippen molar-refractivity contribution in [2.75, 3.05) is 19.8 Å². The van der Waals surface area contributed by atoms with Crippen LogP contribution in [0.4, 0.5) is 19.4 Å². The summed E-state index contributed by atoms with van der Waals surface area (Å²) in [5.74, 6) is -0.184. The lowest BCUT2D eigenvalue weighted by atomic mass is 9.95. The minimum atomic E-state index is -9.70. The van der Waals surface area contributed by atoms with Crippen molar-refractivity contribution < 1.29 is 28.9 Å². The van der Waals surface area contributed by atoms with Crippen molar-refractivity contribution in [3.63, 3.8) is 0 Å². The highest BCUT2D eigenvalue weighted by molar-refractivity contribution is 8.45. The van der Waals surface area contributed by atoms with Crippen LogP contribution in [-0.4, -0.2) is 42.3 Å². The zero-order valence-corrected chi connectivity index (χ0v) is 16.3. The van der Waals surface area contributed by atoms with Gasteiger partial charge in [0.05, 0.1) is 12.7 Å². The van der Waals surface area contributed by atoms with E-state index in [0.717, 1.165) is 38.3 Å². The minimum Gasteiger partial charge on any atom is -0.492 e. The largest absolute Gasteiger partial charge is 0.492 e. The van der Waals surface area contributed by atoms with Crippen molar-refractivity contribution in [3.8, 4) is 5.75 Å². The molecule has 1 aromatic carbocycles. The fourth-order valence-corrected chi connectivity index (χ4v) is 4.78. The number of fused-ring (bicyclic) bond motifs is 1. The van der Waals surface area contributed by atoms with E-state index in [1.165, 1.54) is 6.07 Å². The van der Waals surface area contributed by atoms with Crippen LogP contribution in [0.1, 0.15) is 39.5 Å². The molecule has 0 radical (unpaired) electrons. The van der Waals surface area contributed by atoms with Crippen molar-refractivity contribution in [1.29, 1.82) is 0 Å². The van der Waals surface area contributed by atoms with Crippen LogP contribution in [0.25, 0.3) is 0 Å². The van der Waals surface area contributed by atoms with Crippen molar-refractivity contribution in [3.05, 3.63) is 24.3 Å². The molecule has 3 rings (SSSR count). The number of ether oxygens (including phenoxy) is 2. The van der Waals surface area contributed by atoms with E-state index in [1.54, 1.807) is 0 Å². The van der Waals surface area contributed by atoms with E-state index in [9.17, 15) is 19.4 Å². The third-order valence-corrected chi connectivity index (χ3v) is 6.56. The van der Waals surface area contributed by atoms with Crippen LogP contribution >= 0.6 is 10.2 Å². The Hall–Kier alpha value is -1.06. The lowest BCUT2D eigenvalue weighted by molar-refractivity contribution is -0.00896. The first kappa shape index (κ1) is 20.7. The molecule has 9 heteroatoms. The van der Waals surface area contributed by atoms with E-state index in [-0.39, 0.29) is 30.0 Å². The summed E-state index contributed by atoms with van der Waals surface area (Å²) >= 11 is 0. The van der Waals surface area contributed by atoms with Crippen molar-refractivity contribution in [1.82, 2.24) is 4.90 Å². The smallest absolute Gasteiger partial charge is 0.310 e. The fraction of sp³-hybridized carbons (Fsp3) is 0.667. The zero-order chi connectivity index (χ0) is 20.0. The molecular formula is C18H26F5NO2S. The highest BCUT2D eigenvalue weighted by atomic mass is 32.5. The Labute approximate surface area is 156 Å². The van der Waals surface area contributed by atoms with E-state index >= 15 is 0 Å². The quantitative estimate of drug-likeness (QED) is 0.499. The van der Waals surface area contributed by atoms with Crippen LogP contribution in [0, 0.1) is 0 Å². The van der Waals surface area contributed by atoms with Gasteiger partial charge < -0.3 is 9.47 Å². The number of nitrogens with zero attached hydrogens (tertiary/aromatic N) is 1. The van der Waals surface area contributed by atoms with Crippen LogP contribution in [0.3, 0.4) is 0 Å². The molecule has 1 aromatic rings. The SMILES string of the molecule is CC(C)OCC12CCCN1C(COc1cccc(S(F)(F)(F)(F)F)c1)CC2. The first-order valence-corrected chi connectivity index (χ1v) is 11.1. The second-order valence-electron chi connectivity index (χ2n) is 7.83. The summed E-state index contributed by atoms with van der Waals surface area (Å²) in [6, 6.07) is 3.07. The average Bonchev–Trinajstić information content (AvgIpc) is 3.09. The Morgan fingerprint density at radius 1 is 1.19 bits per heavy atom. The topological polar surface area (TPSA) is 21.7 Å². The minimum absolute atomic E-state index is 0.0377. The third kappa shape index (κ3) is 4.68. The molecule has 0 amide bonds. The Morgan fingerprint density at radius 3 is 2.59 bits per heavy atom. The van der Waals surface area contributed by atoms with Crippen molar-refractivity contribution >= 4 is 10.2 Å². The first-order valence-electron chi connectivity index (χ1n) is 9.14. The summed E-state index contributed by atoms with van der Waals surface area (Å²) in [5, 5.41) is 0. The van der Waals surface area contributed by atoms with Gasteiger partial charge in [0, 0.05) is 17.6 Å². The number of hydrogen-bond donors (Lipinski definition) is 0. The molecule has 2 saturated heterocycles. The fourth-order valence-electron chi connectivity index (χ4n) is 4.11. The Balaban J connectivity index is 1.67. The molecule has 3 nitrogen and oxygen atoms in total. The molecular weight excluding hydrogens is 389 g/mol. The lowest BCUT2D eigenvalue weighted by Gasteiger charge is -2.40. The summed E-state index contributed by atoms with van der Waals surface area (Å²) in [6.07, 6.45) is 3.99.